The van der Waals surface area contributed by atoms with Crippen molar-refractivity contribution >= 4 is 11.4 Å². The van der Waals surface area contributed by atoms with E-state index in [0.717, 1.165) is 17.1 Å². The highest BCUT2D eigenvalue weighted by atomic mass is 16.5. The van der Waals surface area contributed by atoms with E-state index < -0.39 is 5.92 Å². The van der Waals surface area contributed by atoms with E-state index in [4.69, 9.17) is 15.3 Å². The van der Waals surface area contributed by atoms with Crippen LogP contribution in [-0.4, -0.2) is 0 Å². The van der Waals surface area contributed by atoms with Crippen molar-refractivity contribution in [3.63, 3.8) is 0 Å². The summed E-state index contributed by atoms with van der Waals surface area (Å²) in [6.45, 7) is 0. The number of benzene rings is 2. The Kier molecular flexibility index (Phi) is 2.55. The first-order valence-electron chi connectivity index (χ1n) is 5.79. The smallest absolute Gasteiger partial charge is 0.158 e. The van der Waals surface area contributed by atoms with Crippen LogP contribution in [0.1, 0.15) is 11.5 Å². The standard InChI is InChI=1S/C15H9N3O/c16-8-11(9-17)10-5-6-13-15(7-10)19-14-4-2-1-3-12(14)18-13/h1-7,11,18H. The lowest BCUT2D eigenvalue weighted by Gasteiger charge is -2.22. The van der Waals surface area contributed by atoms with E-state index in [1.165, 1.54) is 0 Å². The fourth-order valence-electron chi connectivity index (χ4n) is 2.01. The first kappa shape index (κ1) is 11.1. The molecule has 1 aliphatic rings. The van der Waals surface area contributed by atoms with Gasteiger partial charge in [0.05, 0.1) is 23.5 Å². The molecule has 1 aliphatic heterocycles. The molecule has 0 radical (unpaired) electrons. The molecule has 3 rings (SSSR count). The summed E-state index contributed by atoms with van der Waals surface area (Å²) in [4.78, 5) is 0. The summed E-state index contributed by atoms with van der Waals surface area (Å²) in [5.41, 5.74) is 2.38. The Morgan fingerprint density at radius 3 is 2.47 bits per heavy atom. The normalized spacial score (nSPS) is 11.3. The molecule has 1 N–H and O–H groups in total. The van der Waals surface area contributed by atoms with Crippen LogP contribution in [0.4, 0.5) is 11.4 Å². The molecule has 1 heterocycles. The van der Waals surface area contributed by atoms with Gasteiger partial charge in [0.1, 0.15) is 0 Å². The van der Waals surface area contributed by atoms with Crippen molar-refractivity contribution in [3.8, 4) is 23.6 Å². The summed E-state index contributed by atoms with van der Waals surface area (Å²) in [5, 5.41) is 21.1. The SMILES string of the molecule is N#CC(C#N)c1ccc2c(c1)Oc1ccccc1N2. The zero-order valence-corrected chi connectivity index (χ0v) is 9.92. The molecule has 0 unspecified atom stereocenters. The summed E-state index contributed by atoms with van der Waals surface area (Å²) < 4.78 is 5.78. The molecule has 90 valence electrons. The number of ether oxygens (including phenoxy) is 1. The maximum absolute atomic E-state index is 8.91. The Balaban J connectivity index is 2.02. The highest BCUT2D eigenvalue weighted by Gasteiger charge is 2.18. The monoisotopic (exact) mass is 247 g/mol. The molecule has 0 bridgehead atoms. The molecule has 4 heteroatoms. The van der Waals surface area contributed by atoms with Gasteiger partial charge in [0.25, 0.3) is 0 Å². The molecule has 0 aromatic heterocycles. The van der Waals surface area contributed by atoms with Gasteiger partial charge in [-0.3, -0.25) is 0 Å². The Bertz CT molecular complexity index is 711. The second-order valence-corrected chi connectivity index (χ2v) is 4.17. The molecule has 0 fully saturated rings. The van der Waals surface area contributed by atoms with Crippen LogP contribution < -0.4 is 10.1 Å². The minimum Gasteiger partial charge on any atom is -0.453 e. The minimum absolute atomic E-state index is 0.631. The fraction of sp³-hybridized carbons (Fsp3) is 0.0667. The molecule has 0 spiro atoms. The number of hydrogen-bond acceptors (Lipinski definition) is 4. The van der Waals surface area contributed by atoms with Crippen LogP contribution in [0.25, 0.3) is 0 Å². The van der Waals surface area contributed by atoms with Gasteiger partial charge in [-0.25, -0.2) is 0 Å². The molecule has 19 heavy (non-hydrogen) atoms. The lowest BCUT2D eigenvalue weighted by molar-refractivity contribution is 0.480. The van der Waals surface area contributed by atoms with Gasteiger partial charge in [-0.2, -0.15) is 10.5 Å². The van der Waals surface area contributed by atoms with Crippen LogP contribution in [0.3, 0.4) is 0 Å². The molecule has 0 amide bonds. The van der Waals surface area contributed by atoms with Crippen molar-refractivity contribution in [2.24, 2.45) is 0 Å². The molecule has 0 saturated heterocycles. The number of fused-ring (bicyclic) bond motifs is 2. The van der Waals surface area contributed by atoms with Crippen molar-refractivity contribution in [1.29, 1.82) is 10.5 Å². The number of hydrogen-bond donors (Lipinski definition) is 1. The van der Waals surface area contributed by atoms with Crippen LogP contribution in [0.2, 0.25) is 0 Å². The number of nitrogens with one attached hydrogen (secondary N) is 1. The molecule has 2 aromatic carbocycles. The topological polar surface area (TPSA) is 68.8 Å². The molecular formula is C15H9N3O. The van der Waals surface area contributed by atoms with E-state index >= 15 is 0 Å². The third-order valence-electron chi connectivity index (χ3n) is 2.97. The number of nitrogens with zero attached hydrogens (tertiary/aromatic N) is 2. The molecule has 2 aromatic rings. The van der Waals surface area contributed by atoms with Crippen LogP contribution >= 0.6 is 0 Å². The van der Waals surface area contributed by atoms with Crippen molar-refractivity contribution in [2.45, 2.75) is 5.92 Å². The highest BCUT2D eigenvalue weighted by molar-refractivity contribution is 5.75. The average molecular weight is 247 g/mol. The van der Waals surface area contributed by atoms with E-state index in [1.54, 1.807) is 12.1 Å². The van der Waals surface area contributed by atoms with Crippen LogP contribution in [0, 0.1) is 22.7 Å². The largest absolute Gasteiger partial charge is 0.453 e. The van der Waals surface area contributed by atoms with Gasteiger partial charge in [0.15, 0.2) is 17.4 Å². The van der Waals surface area contributed by atoms with Crippen LogP contribution in [0.15, 0.2) is 42.5 Å². The lowest BCUT2D eigenvalue weighted by Crippen LogP contribution is -2.03. The molecular weight excluding hydrogens is 238 g/mol. The third kappa shape index (κ3) is 1.86. The molecule has 4 nitrogen and oxygen atoms in total. The van der Waals surface area contributed by atoms with Crippen molar-refractivity contribution in [1.82, 2.24) is 0 Å². The van der Waals surface area contributed by atoms with Gasteiger partial charge in [-0.15, -0.1) is 0 Å². The van der Waals surface area contributed by atoms with Gasteiger partial charge < -0.3 is 10.1 Å². The maximum Gasteiger partial charge on any atom is 0.158 e. The van der Waals surface area contributed by atoms with E-state index in [0.29, 0.717) is 11.3 Å². The Morgan fingerprint density at radius 2 is 1.68 bits per heavy atom. The van der Waals surface area contributed by atoms with E-state index in [1.807, 2.05) is 42.5 Å². The average Bonchev–Trinajstić information content (AvgIpc) is 2.46. The second kappa shape index (κ2) is 4.36. The summed E-state index contributed by atoms with van der Waals surface area (Å²) in [7, 11) is 0. The number of para-hydroxylation sites is 2. The van der Waals surface area contributed by atoms with Crippen LogP contribution in [-0.2, 0) is 0 Å². The highest BCUT2D eigenvalue weighted by Crippen LogP contribution is 2.42. The first-order valence-corrected chi connectivity index (χ1v) is 5.79. The van der Waals surface area contributed by atoms with Crippen molar-refractivity contribution in [3.05, 3.63) is 48.0 Å². The van der Waals surface area contributed by atoms with E-state index in [9.17, 15) is 0 Å². The summed E-state index contributed by atoms with van der Waals surface area (Å²) in [6, 6.07) is 16.8. The zero-order chi connectivity index (χ0) is 13.2. The van der Waals surface area contributed by atoms with E-state index in [2.05, 4.69) is 5.32 Å². The second-order valence-electron chi connectivity index (χ2n) is 4.17. The maximum atomic E-state index is 8.91. The van der Waals surface area contributed by atoms with Gasteiger partial charge in [0, 0.05) is 0 Å². The fourth-order valence-corrected chi connectivity index (χ4v) is 2.01. The predicted molar refractivity (Wildman–Crippen MR) is 70.2 cm³/mol. The minimum atomic E-state index is -0.772. The Morgan fingerprint density at radius 1 is 0.947 bits per heavy atom. The molecule has 0 aliphatic carbocycles. The summed E-state index contributed by atoms with van der Waals surface area (Å²) in [6.07, 6.45) is 0. The predicted octanol–water partition coefficient (Wildman–Crippen LogP) is 3.67. The number of anilines is 2. The van der Waals surface area contributed by atoms with Gasteiger partial charge in [-0.05, 0) is 29.8 Å². The Hall–Kier alpha value is -2.98. The molecule has 0 atom stereocenters. The number of rotatable bonds is 1. The van der Waals surface area contributed by atoms with Gasteiger partial charge >= 0.3 is 0 Å². The first-order chi connectivity index (χ1) is 9.31. The lowest BCUT2D eigenvalue weighted by atomic mass is 10.0. The Labute approximate surface area is 110 Å². The third-order valence-corrected chi connectivity index (χ3v) is 2.97. The summed E-state index contributed by atoms with van der Waals surface area (Å²) in [5.74, 6) is 0.593. The van der Waals surface area contributed by atoms with Gasteiger partial charge in [0.2, 0.25) is 0 Å². The molecule has 0 saturated carbocycles. The zero-order valence-electron chi connectivity index (χ0n) is 9.92. The van der Waals surface area contributed by atoms with Crippen molar-refractivity contribution < 1.29 is 4.74 Å². The quantitative estimate of drug-likeness (QED) is 0.712. The summed E-state index contributed by atoms with van der Waals surface area (Å²) >= 11 is 0. The van der Waals surface area contributed by atoms with Gasteiger partial charge in [-0.1, -0.05) is 18.2 Å². The van der Waals surface area contributed by atoms with Crippen molar-refractivity contribution in [2.75, 3.05) is 5.32 Å². The van der Waals surface area contributed by atoms with Crippen LogP contribution in [0.5, 0.6) is 11.5 Å². The number of nitriles is 2. The van der Waals surface area contributed by atoms with E-state index in [-0.39, 0.29) is 0 Å².